The molecule has 222 valence electrons. The van der Waals surface area contributed by atoms with Crippen LogP contribution in [0.2, 0.25) is 0 Å². The van der Waals surface area contributed by atoms with Gasteiger partial charge >= 0.3 is 0 Å². The standard InChI is InChI=1S/C36H51N3O2/c1-9-23-37-32(40)27-15-13-26(14-16-27)30(19-20-34(3,4)5)39-33(41)31(28-12-10-11-25(2)24-28)38-36(39)21-17-29(18-22-36)35(6,7)8/h10-16,24,29-30H,9,17-23H2,1-8H3,(H,37,40). The number of hydrogen-bond donors (Lipinski definition) is 1. The molecule has 2 aromatic carbocycles. The highest BCUT2D eigenvalue weighted by molar-refractivity contribution is 6.46. The maximum Gasteiger partial charge on any atom is 0.275 e. The maximum atomic E-state index is 14.5. The minimum Gasteiger partial charge on any atom is -0.352 e. The van der Waals surface area contributed by atoms with Crippen molar-refractivity contribution in [2.45, 2.75) is 112 Å². The van der Waals surface area contributed by atoms with Crippen LogP contribution in [0.1, 0.15) is 127 Å². The highest BCUT2D eigenvalue weighted by Gasteiger charge is 2.52. The van der Waals surface area contributed by atoms with E-state index in [4.69, 9.17) is 4.99 Å². The second-order valence-corrected chi connectivity index (χ2v) is 14.6. The summed E-state index contributed by atoms with van der Waals surface area (Å²) >= 11 is 0. The molecule has 5 nitrogen and oxygen atoms in total. The molecule has 1 atom stereocenters. The Kier molecular flexibility index (Phi) is 9.16. The van der Waals surface area contributed by atoms with Crippen LogP contribution in [0, 0.1) is 23.7 Å². The summed E-state index contributed by atoms with van der Waals surface area (Å²) < 4.78 is 0. The van der Waals surface area contributed by atoms with Gasteiger partial charge in [-0.05, 0) is 92.4 Å². The second kappa shape index (κ2) is 12.1. The minimum absolute atomic E-state index is 0.0356. The third-order valence-electron chi connectivity index (χ3n) is 9.06. The van der Waals surface area contributed by atoms with E-state index in [9.17, 15) is 9.59 Å². The van der Waals surface area contributed by atoms with E-state index in [0.29, 0.717) is 23.7 Å². The van der Waals surface area contributed by atoms with Crippen molar-refractivity contribution < 1.29 is 9.59 Å². The van der Waals surface area contributed by atoms with Crippen molar-refractivity contribution in [2.75, 3.05) is 6.54 Å². The van der Waals surface area contributed by atoms with E-state index in [1.165, 1.54) is 0 Å². The van der Waals surface area contributed by atoms with E-state index in [1.54, 1.807) is 0 Å². The molecular formula is C36H51N3O2. The molecule has 1 spiro atoms. The largest absolute Gasteiger partial charge is 0.352 e. The predicted molar refractivity (Wildman–Crippen MR) is 169 cm³/mol. The van der Waals surface area contributed by atoms with Crippen molar-refractivity contribution in [3.8, 4) is 0 Å². The van der Waals surface area contributed by atoms with Crippen LogP contribution >= 0.6 is 0 Å². The zero-order chi connectivity index (χ0) is 30.0. The lowest BCUT2D eigenvalue weighted by Crippen LogP contribution is -2.51. The van der Waals surface area contributed by atoms with Crippen LogP contribution in [0.4, 0.5) is 0 Å². The van der Waals surface area contributed by atoms with E-state index in [0.717, 1.165) is 61.6 Å². The third-order valence-corrected chi connectivity index (χ3v) is 9.06. The number of nitrogens with one attached hydrogen (secondary N) is 1. The van der Waals surface area contributed by atoms with E-state index in [-0.39, 0.29) is 28.7 Å². The minimum atomic E-state index is -0.544. The summed E-state index contributed by atoms with van der Waals surface area (Å²) in [4.78, 5) is 34.7. The maximum absolute atomic E-state index is 14.5. The number of carbonyl (C=O) groups is 2. The van der Waals surface area contributed by atoms with Crippen LogP contribution in [-0.4, -0.2) is 34.6 Å². The number of rotatable bonds is 8. The molecule has 4 rings (SSSR count). The summed E-state index contributed by atoms with van der Waals surface area (Å²) in [6.45, 7) is 18.6. The van der Waals surface area contributed by atoms with Gasteiger partial charge in [0.15, 0.2) is 0 Å². The van der Waals surface area contributed by atoms with Gasteiger partial charge in [-0.2, -0.15) is 0 Å². The lowest BCUT2D eigenvalue weighted by molar-refractivity contribution is -0.134. The Morgan fingerprint density at radius 1 is 1.05 bits per heavy atom. The van der Waals surface area contributed by atoms with Gasteiger partial charge in [0.2, 0.25) is 0 Å². The molecule has 41 heavy (non-hydrogen) atoms. The molecule has 0 saturated heterocycles. The first-order valence-electron chi connectivity index (χ1n) is 15.6. The SMILES string of the molecule is CCCNC(=O)c1ccc(C(CCC(C)(C)C)N2C(=O)C(c3cccc(C)c3)=NC23CCC(C(C)(C)C)CC3)cc1. The van der Waals surface area contributed by atoms with Crippen molar-refractivity contribution in [1.29, 1.82) is 0 Å². The van der Waals surface area contributed by atoms with Gasteiger partial charge in [-0.15, -0.1) is 0 Å². The molecule has 1 aliphatic heterocycles. The Balaban J connectivity index is 1.76. The Labute approximate surface area is 248 Å². The first-order valence-corrected chi connectivity index (χ1v) is 15.6. The van der Waals surface area contributed by atoms with E-state index >= 15 is 0 Å². The van der Waals surface area contributed by atoms with Crippen molar-refractivity contribution in [1.82, 2.24) is 10.2 Å². The highest BCUT2D eigenvalue weighted by atomic mass is 16.2. The molecule has 2 aliphatic rings. The molecule has 5 heteroatoms. The molecule has 0 radical (unpaired) electrons. The van der Waals surface area contributed by atoms with Crippen LogP contribution in [-0.2, 0) is 4.79 Å². The van der Waals surface area contributed by atoms with Gasteiger partial charge in [-0.3, -0.25) is 14.6 Å². The fraction of sp³-hybridized carbons (Fsp3) is 0.583. The predicted octanol–water partition coefficient (Wildman–Crippen LogP) is 8.27. The number of aryl methyl sites for hydroxylation is 1. The Morgan fingerprint density at radius 2 is 1.71 bits per heavy atom. The van der Waals surface area contributed by atoms with E-state index < -0.39 is 5.66 Å². The fourth-order valence-corrected chi connectivity index (χ4v) is 6.54. The zero-order valence-electron chi connectivity index (χ0n) is 26.6. The van der Waals surface area contributed by atoms with Gasteiger partial charge in [0.1, 0.15) is 11.4 Å². The second-order valence-electron chi connectivity index (χ2n) is 14.6. The number of hydrogen-bond acceptors (Lipinski definition) is 3. The molecule has 2 aromatic rings. The average molecular weight is 558 g/mol. The summed E-state index contributed by atoms with van der Waals surface area (Å²) in [5.74, 6) is 0.592. The fourth-order valence-electron chi connectivity index (χ4n) is 6.54. The van der Waals surface area contributed by atoms with Gasteiger partial charge in [0, 0.05) is 17.7 Å². The molecule has 1 N–H and O–H groups in total. The zero-order valence-corrected chi connectivity index (χ0v) is 26.6. The summed E-state index contributed by atoms with van der Waals surface area (Å²) in [5, 5.41) is 2.97. The van der Waals surface area contributed by atoms with E-state index in [2.05, 4.69) is 82.9 Å². The van der Waals surface area contributed by atoms with Crippen molar-refractivity contribution in [3.63, 3.8) is 0 Å². The van der Waals surface area contributed by atoms with E-state index in [1.807, 2.05) is 31.2 Å². The van der Waals surface area contributed by atoms with Crippen molar-refractivity contribution in [2.24, 2.45) is 21.7 Å². The quantitative estimate of drug-likeness (QED) is 0.355. The monoisotopic (exact) mass is 557 g/mol. The van der Waals surface area contributed by atoms with Crippen molar-refractivity contribution in [3.05, 3.63) is 70.8 Å². The first-order chi connectivity index (χ1) is 19.2. The molecule has 2 amide bonds. The summed E-state index contributed by atoms with van der Waals surface area (Å²) in [6, 6.07) is 16.0. The number of aliphatic imine (C=N–C) groups is 1. The van der Waals surface area contributed by atoms with Gasteiger partial charge in [-0.25, -0.2) is 0 Å². The summed E-state index contributed by atoms with van der Waals surface area (Å²) in [6.07, 6.45) is 6.58. The Morgan fingerprint density at radius 3 is 2.27 bits per heavy atom. The van der Waals surface area contributed by atoms with Gasteiger partial charge in [-0.1, -0.05) is 84.4 Å². The first kappa shape index (κ1) is 31.0. The number of carbonyl (C=O) groups excluding carboxylic acids is 2. The van der Waals surface area contributed by atoms with Crippen LogP contribution in [0.5, 0.6) is 0 Å². The average Bonchev–Trinajstić information content (AvgIpc) is 3.18. The lowest BCUT2D eigenvalue weighted by atomic mass is 9.69. The van der Waals surface area contributed by atoms with Crippen LogP contribution in [0.3, 0.4) is 0 Å². The van der Waals surface area contributed by atoms with Gasteiger partial charge in [0.25, 0.3) is 11.8 Å². The summed E-state index contributed by atoms with van der Waals surface area (Å²) in [5.41, 5.74) is 4.18. The number of benzene rings is 2. The summed E-state index contributed by atoms with van der Waals surface area (Å²) in [7, 11) is 0. The smallest absolute Gasteiger partial charge is 0.275 e. The highest BCUT2D eigenvalue weighted by Crippen LogP contribution is 2.50. The third kappa shape index (κ3) is 7.10. The number of amides is 2. The molecule has 1 aliphatic carbocycles. The van der Waals surface area contributed by atoms with Crippen LogP contribution in [0.25, 0.3) is 0 Å². The van der Waals surface area contributed by atoms with Crippen LogP contribution < -0.4 is 5.32 Å². The lowest BCUT2D eigenvalue weighted by Gasteiger charge is -2.47. The van der Waals surface area contributed by atoms with Crippen molar-refractivity contribution >= 4 is 17.5 Å². The normalized spacial score (nSPS) is 22.1. The molecule has 1 heterocycles. The molecule has 0 aromatic heterocycles. The number of nitrogens with zero attached hydrogens (tertiary/aromatic N) is 2. The van der Waals surface area contributed by atoms with Gasteiger partial charge < -0.3 is 10.2 Å². The Bertz CT molecular complexity index is 1250. The molecular weight excluding hydrogens is 506 g/mol. The Hall–Kier alpha value is -2.95. The molecule has 1 unspecified atom stereocenters. The molecule has 1 fully saturated rings. The van der Waals surface area contributed by atoms with Gasteiger partial charge in [0.05, 0.1) is 6.04 Å². The van der Waals surface area contributed by atoms with Crippen LogP contribution in [0.15, 0.2) is 53.5 Å². The molecule has 0 bridgehead atoms. The molecule has 1 saturated carbocycles. The topological polar surface area (TPSA) is 61.8 Å².